The lowest BCUT2D eigenvalue weighted by molar-refractivity contribution is 0.350. The van der Waals surface area contributed by atoms with Gasteiger partial charge < -0.3 is 15.2 Å². The number of benzene rings is 1. The molecule has 0 saturated heterocycles. The molecular formula is C14H23NO2. The van der Waals surface area contributed by atoms with Crippen LogP contribution in [-0.4, -0.2) is 20.3 Å². The smallest absolute Gasteiger partial charge is 0.161 e. The maximum Gasteiger partial charge on any atom is 0.161 e. The highest BCUT2D eigenvalue weighted by Gasteiger charge is 2.28. The Bertz CT molecular complexity index is 374. The minimum atomic E-state index is -0.0751. The largest absolute Gasteiger partial charge is 0.493 e. The first-order chi connectivity index (χ1) is 7.97. The molecular weight excluding hydrogens is 214 g/mol. The molecule has 0 radical (unpaired) electrons. The lowest BCUT2D eigenvalue weighted by atomic mass is 9.77. The van der Waals surface area contributed by atoms with Crippen LogP contribution in [0, 0.1) is 0 Å². The third-order valence-corrected chi connectivity index (χ3v) is 3.49. The molecule has 3 heteroatoms. The van der Waals surface area contributed by atoms with Gasteiger partial charge in [0.2, 0.25) is 0 Å². The molecule has 17 heavy (non-hydrogen) atoms. The first-order valence-corrected chi connectivity index (χ1v) is 5.95. The molecule has 96 valence electrons. The Morgan fingerprint density at radius 2 is 1.76 bits per heavy atom. The highest BCUT2D eigenvalue weighted by molar-refractivity contribution is 5.45. The van der Waals surface area contributed by atoms with E-state index < -0.39 is 0 Å². The monoisotopic (exact) mass is 237 g/mol. The number of hydrogen-bond acceptors (Lipinski definition) is 3. The van der Waals surface area contributed by atoms with Crippen LogP contribution in [0.25, 0.3) is 0 Å². The second kappa shape index (κ2) is 5.41. The van der Waals surface area contributed by atoms with E-state index in [2.05, 4.69) is 26.8 Å². The van der Waals surface area contributed by atoms with E-state index in [0.29, 0.717) is 0 Å². The third-order valence-electron chi connectivity index (χ3n) is 3.49. The molecule has 1 rings (SSSR count). The average Bonchev–Trinajstić information content (AvgIpc) is 2.36. The van der Waals surface area contributed by atoms with E-state index in [4.69, 9.17) is 15.2 Å². The summed E-state index contributed by atoms with van der Waals surface area (Å²) < 4.78 is 10.6. The molecule has 2 N–H and O–H groups in total. The summed E-state index contributed by atoms with van der Waals surface area (Å²) in [4.78, 5) is 0. The van der Waals surface area contributed by atoms with Gasteiger partial charge in [-0.3, -0.25) is 0 Å². The van der Waals surface area contributed by atoms with E-state index in [9.17, 15) is 0 Å². The van der Waals surface area contributed by atoms with Crippen molar-refractivity contribution in [2.75, 3.05) is 14.2 Å². The summed E-state index contributed by atoms with van der Waals surface area (Å²) in [7, 11) is 3.29. The van der Waals surface area contributed by atoms with Crippen LogP contribution in [0.15, 0.2) is 18.2 Å². The number of ether oxygens (including phenoxy) is 2. The Labute approximate surface area is 104 Å². The van der Waals surface area contributed by atoms with Crippen LogP contribution >= 0.6 is 0 Å². The zero-order chi connectivity index (χ0) is 13.1. The number of rotatable bonds is 5. The Balaban J connectivity index is 3.15. The number of methoxy groups -OCH3 is 2. The number of nitrogens with two attached hydrogens (primary N) is 1. The van der Waals surface area contributed by atoms with E-state index in [1.807, 2.05) is 12.1 Å². The molecule has 0 spiro atoms. The Morgan fingerprint density at radius 3 is 2.24 bits per heavy atom. The lowest BCUT2D eigenvalue weighted by Crippen LogP contribution is -2.40. The third kappa shape index (κ3) is 2.72. The predicted molar refractivity (Wildman–Crippen MR) is 70.8 cm³/mol. The van der Waals surface area contributed by atoms with Gasteiger partial charge in [0.15, 0.2) is 11.5 Å². The van der Waals surface area contributed by atoms with E-state index >= 15 is 0 Å². The lowest BCUT2D eigenvalue weighted by Gasteiger charge is -2.32. The van der Waals surface area contributed by atoms with Crippen LogP contribution < -0.4 is 15.2 Å². The summed E-state index contributed by atoms with van der Waals surface area (Å²) in [6.45, 7) is 6.41. The van der Waals surface area contributed by atoms with Crippen molar-refractivity contribution in [1.29, 1.82) is 0 Å². The molecule has 0 aliphatic carbocycles. The molecule has 0 heterocycles. The maximum absolute atomic E-state index is 6.17. The molecule has 1 aromatic carbocycles. The van der Waals surface area contributed by atoms with Crippen molar-refractivity contribution < 1.29 is 9.47 Å². The Kier molecular flexibility index (Phi) is 4.40. The average molecular weight is 237 g/mol. The summed E-state index contributed by atoms with van der Waals surface area (Å²) >= 11 is 0. The normalized spacial score (nSPS) is 13.3. The summed E-state index contributed by atoms with van der Waals surface area (Å²) in [5, 5.41) is 0. The zero-order valence-corrected chi connectivity index (χ0v) is 11.4. The van der Waals surface area contributed by atoms with Crippen molar-refractivity contribution in [2.24, 2.45) is 5.73 Å². The Hall–Kier alpha value is -1.22. The van der Waals surface area contributed by atoms with E-state index in [0.717, 1.165) is 17.9 Å². The summed E-state index contributed by atoms with van der Waals surface area (Å²) in [6.07, 6.45) is 0.946. The highest BCUT2D eigenvalue weighted by atomic mass is 16.5. The molecule has 0 amide bonds. The standard InChI is InChI=1S/C14H23NO2/c1-6-13(15)14(2,3)10-7-8-11(16-4)12(9-10)17-5/h7-9,13H,6,15H2,1-5H3. The fourth-order valence-electron chi connectivity index (χ4n) is 1.96. The van der Waals surface area contributed by atoms with Crippen molar-refractivity contribution in [3.63, 3.8) is 0 Å². The molecule has 1 aromatic rings. The van der Waals surface area contributed by atoms with E-state index in [1.54, 1.807) is 14.2 Å². The minimum Gasteiger partial charge on any atom is -0.493 e. The molecule has 0 saturated carbocycles. The van der Waals surface area contributed by atoms with Crippen molar-refractivity contribution in [3.8, 4) is 11.5 Å². The predicted octanol–water partition coefficient (Wildman–Crippen LogP) is 2.72. The van der Waals surface area contributed by atoms with Gasteiger partial charge in [-0.1, -0.05) is 26.8 Å². The maximum atomic E-state index is 6.17. The van der Waals surface area contributed by atoms with Crippen molar-refractivity contribution in [1.82, 2.24) is 0 Å². The second-order valence-electron chi connectivity index (χ2n) is 4.81. The fourth-order valence-corrected chi connectivity index (χ4v) is 1.96. The van der Waals surface area contributed by atoms with Crippen molar-refractivity contribution in [3.05, 3.63) is 23.8 Å². The summed E-state index contributed by atoms with van der Waals surface area (Å²) in [5.41, 5.74) is 7.27. The van der Waals surface area contributed by atoms with E-state index in [-0.39, 0.29) is 11.5 Å². The van der Waals surface area contributed by atoms with E-state index in [1.165, 1.54) is 5.56 Å². The first kappa shape index (κ1) is 13.8. The Morgan fingerprint density at radius 1 is 1.18 bits per heavy atom. The van der Waals surface area contributed by atoms with Gasteiger partial charge in [-0.05, 0) is 24.1 Å². The molecule has 0 aliphatic heterocycles. The molecule has 0 aromatic heterocycles. The SMILES string of the molecule is CCC(N)C(C)(C)c1ccc(OC)c(OC)c1. The quantitative estimate of drug-likeness (QED) is 0.856. The molecule has 0 bridgehead atoms. The molecule has 0 fully saturated rings. The molecule has 1 atom stereocenters. The van der Waals surface area contributed by atoms with Crippen LogP contribution in [0.5, 0.6) is 11.5 Å². The van der Waals surface area contributed by atoms with Crippen LogP contribution in [0.4, 0.5) is 0 Å². The topological polar surface area (TPSA) is 44.5 Å². The van der Waals surface area contributed by atoms with Crippen molar-refractivity contribution >= 4 is 0 Å². The fraction of sp³-hybridized carbons (Fsp3) is 0.571. The molecule has 0 aliphatic rings. The summed E-state index contributed by atoms with van der Waals surface area (Å²) in [6, 6.07) is 6.12. The minimum absolute atomic E-state index is 0.0751. The first-order valence-electron chi connectivity index (χ1n) is 5.95. The van der Waals surface area contributed by atoms with Crippen LogP contribution in [0.2, 0.25) is 0 Å². The second-order valence-corrected chi connectivity index (χ2v) is 4.81. The van der Waals surface area contributed by atoms with Crippen LogP contribution in [0.3, 0.4) is 0 Å². The van der Waals surface area contributed by atoms with Gasteiger partial charge in [0.05, 0.1) is 14.2 Å². The summed E-state index contributed by atoms with van der Waals surface area (Å²) in [5.74, 6) is 1.50. The van der Waals surface area contributed by atoms with Gasteiger partial charge in [0.1, 0.15) is 0 Å². The van der Waals surface area contributed by atoms with Gasteiger partial charge in [0.25, 0.3) is 0 Å². The van der Waals surface area contributed by atoms with Crippen molar-refractivity contribution in [2.45, 2.75) is 38.6 Å². The number of hydrogen-bond donors (Lipinski definition) is 1. The molecule has 1 unspecified atom stereocenters. The zero-order valence-electron chi connectivity index (χ0n) is 11.4. The van der Waals surface area contributed by atoms with Gasteiger partial charge >= 0.3 is 0 Å². The van der Waals surface area contributed by atoms with Gasteiger partial charge in [0, 0.05) is 11.5 Å². The molecule has 3 nitrogen and oxygen atoms in total. The van der Waals surface area contributed by atoms with Gasteiger partial charge in [-0.25, -0.2) is 0 Å². The van der Waals surface area contributed by atoms with Crippen LogP contribution in [0.1, 0.15) is 32.8 Å². The van der Waals surface area contributed by atoms with Gasteiger partial charge in [-0.2, -0.15) is 0 Å². The highest BCUT2D eigenvalue weighted by Crippen LogP contribution is 2.34. The van der Waals surface area contributed by atoms with Crippen LogP contribution in [-0.2, 0) is 5.41 Å². The van der Waals surface area contributed by atoms with Gasteiger partial charge in [-0.15, -0.1) is 0 Å².